The highest BCUT2D eigenvalue weighted by Gasteiger charge is 2.12. The fraction of sp³-hybridized carbons (Fsp3) is 0. The van der Waals surface area contributed by atoms with Crippen molar-refractivity contribution in [3.63, 3.8) is 0 Å². The summed E-state index contributed by atoms with van der Waals surface area (Å²) in [7, 11) is 0. The molecule has 27 heavy (non-hydrogen) atoms. The van der Waals surface area contributed by atoms with E-state index in [-0.39, 0.29) is 17.2 Å². The molecule has 3 aromatic carbocycles. The molecule has 0 aromatic heterocycles. The van der Waals surface area contributed by atoms with Crippen molar-refractivity contribution in [3.05, 3.63) is 100 Å². The van der Waals surface area contributed by atoms with Crippen LogP contribution in [-0.4, -0.2) is 16.7 Å². The van der Waals surface area contributed by atoms with E-state index in [1.165, 1.54) is 24.3 Å². The van der Waals surface area contributed by atoms with Gasteiger partial charge in [-0.15, -0.1) is 0 Å². The topological polar surface area (TPSA) is 101 Å². The number of nitrogens with one attached hydrogen (secondary N) is 2. The predicted octanol–water partition coefficient (Wildman–Crippen LogP) is 4.10. The van der Waals surface area contributed by atoms with Gasteiger partial charge < -0.3 is 10.6 Å². The molecule has 0 radical (unpaired) electrons. The zero-order valence-electron chi connectivity index (χ0n) is 14.1. The van der Waals surface area contributed by atoms with E-state index in [2.05, 4.69) is 10.6 Å². The summed E-state index contributed by atoms with van der Waals surface area (Å²) in [4.78, 5) is 34.7. The Kier molecular flexibility index (Phi) is 5.22. The molecule has 3 rings (SSSR count). The van der Waals surface area contributed by atoms with Gasteiger partial charge in [-0.3, -0.25) is 19.7 Å². The first kappa shape index (κ1) is 17.8. The molecule has 0 saturated heterocycles. The largest absolute Gasteiger partial charge is 0.322 e. The fourth-order valence-electron chi connectivity index (χ4n) is 2.39. The number of hydrogen-bond donors (Lipinski definition) is 2. The van der Waals surface area contributed by atoms with Crippen LogP contribution in [0.4, 0.5) is 17.1 Å². The first-order valence-corrected chi connectivity index (χ1v) is 8.05. The van der Waals surface area contributed by atoms with Crippen LogP contribution in [0.25, 0.3) is 0 Å². The van der Waals surface area contributed by atoms with E-state index in [9.17, 15) is 19.7 Å². The van der Waals surface area contributed by atoms with Crippen molar-refractivity contribution in [3.8, 4) is 0 Å². The Bertz CT molecular complexity index is 986. The van der Waals surface area contributed by atoms with Gasteiger partial charge in [0.1, 0.15) is 0 Å². The Morgan fingerprint density at radius 3 is 1.93 bits per heavy atom. The van der Waals surface area contributed by atoms with Crippen LogP contribution in [0, 0.1) is 10.1 Å². The van der Waals surface area contributed by atoms with Crippen molar-refractivity contribution in [2.24, 2.45) is 0 Å². The molecule has 0 atom stereocenters. The average molecular weight is 361 g/mol. The first-order chi connectivity index (χ1) is 13.0. The van der Waals surface area contributed by atoms with Gasteiger partial charge in [-0.05, 0) is 42.5 Å². The number of para-hydroxylation sites is 1. The van der Waals surface area contributed by atoms with E-state index in [1.54, 1.807) is 36.4 Å². The van der Waals surface area contributed by atoms with Gasteiger partial charge in [0.05, 0.1) is 4.92 Å². The van der Waals surface area contributed by atoms with E-state index >= 15 is 0 Å². The van der Waals surface area contributed by atoms with Gasteiger partial charge in [-0.2, -0.15) is 0 Å². The van der Waals surface area contributed by atoms with Gasteiger partial charge in [-0.25, -0.2) is 0 Å². The van der Waals surface area contributed by atoms with E-state index in [0.717, 1.165) is 0 Å². The molecule has 0 heterocycles. The lowest BCUT2D eigenvalue weighted by Gasteiger charge is -2.08. The smallest absolute Gasteiger partial charge is 0.270 e. The van der Waals surface area contributed by atoms with Crippen LogP contribution in [0.2, 0.25) is 0 Å². The zero-order valence-corrected chi connectivity index (χ0v) is 14.1. The number of hydrogen-bond acceptors (Lipinski definition) is 4. The molecular weight excluding hydrogens is 346 g/mol. The molecule has 134 valence electrons. The summed E-state index contributed by atoms with van der Waals surface area (Å²) in [6.45, 7) is 0. The quantitative estimate of drug-likeness (QED) is 0.527. The number of benzene rings is 3. The fourth-order valence-corrected chi connectivity index (χ4v) is 2.39. The molecular formula is C20H15N3O4. The second-order valence-corrected chi connectivity index (χ2v) is 5.66. The number of nitrogens with zero attached hydrogens (tertiary/aromatic N) is 1. The van der Waals surface area contributed by atoms with Crippen molar-refractivity contribution in [2.75, 3.05) is 10.6 Å². The van der Waals surface area contributed by atoms with Gasteiger partial charge in [0.25, 0.3) is 17.5 Å². The minimum absolute atomic E-state index is 0.157. The predicted molar refractivity (Wildman–Crippen MR) is 102 cm³/mol. The third-order valence-corrected chi connectivity index (χ3v) is 3.76. The lowest BCUT2D eigenvalue weighted by atomic mass is 10.1. The minimum atomic E-state index is -0.559. The molecule has 2 amide bonds. The van der Waals surface area contributed by atoms with Gasteiger partial charge in [0.2, 0.25) is 0 Å². The Hall–Kier alpha value is -4.00. The normalized spacial score (nSPS) is 10.1. The maximum atomic E-state index is 12.2. The molecule has 7 nitrogen and oxygen atoms in total. The van der Waals surface area contributed by atoms with Crippen LogP contribution in [0.5, 0.6) is 0 Å². The second kappa shape index (κ2) is 7.92. The molecule has 0 saturated carbocycles. The highest BCUT2D eigenvalue weighted by Crippen LogP contribution is 2.16. The standard InChI is InChI=1S/C20H15N3O4/c24-19(21-16-6-2-1-3-7-16)14-9-11-17(12-10-14)22-20(25)15-5-4-8-18(13-15)23(26)27/h1-13H,(H,21,24)(H,22,25). The van der Waals surface area contributed by atoms with Crippen LogP contribution in [0.15, 0.2) is 78.9 Å². The minimum Gasteiger partial charge on any atom is -0.322 e. The number of anilines is 2. The molecule has 0 unspecified atom stereocenters. The molecule has 0 fully saturated rings. The summed E-state index contributed by atoms with van der Waals surface area (Å²) in [5, 5.41) is 16.2. The second-order valence-electron chi connectivity index (χ2n) is 5.66. The number of amides is 2. The maximum Gasteiger partial charge on any atom is 0.270 e. The number of rotatable bonds is 5. The zero-order chi connectivity index (χ0) is 19.2. The van der Waals surface area contributed by atoms with Crippen molar-refractivity contribution in [2.45, 2.75) is 0 Å². The molecule has 0 aliphatic rings. The SMILES string of the molecule is O=C(Nc1ccccc1)c1ccc(NC(=O)c2cccc([N+](=O)[O-])c2)cc1. The van der Waals surface area contributed by atoms with Crippen LogP contribution in [-0.2, 0) is 0 Å². The highest BCUT2D eigenvalue weighted by molar-refractivity contribution is 6.06. The lowest BCUT2D eigenvalue weighted by molar-refractivity contribution is -0.384. The number of carbonyl (C=O) groups is 2. The summed E-state index contributed by atoms with van der Waals surface area (Å²) in [5.74, 6) is -0.738. The van der Waals surface area contributed by atoms with Gasteiger partial charge >= 0.3 is 0 Å². The van der Waals surface area contributed by atoms with Crippen molar-refractivity contribution in [1.29, 1.82) is 0 Å². The summed E-state index contributed by atoms with van der Waals surface area (Å²) in [6.07, 6.45) is 0. The Morgan fingerprint density at radius 2 is 1.30 bits per heavy atom. The van der Waals surface area contributed by atoms with E-state index in [1.807, 2.05) is 18.2 Å². The van der Waals surface area contributed by atoms with E-state index in [0.29, 0.717) is 16.9 Å². The van der Waals surface area contributed by atoms with Gasteiger partial charge in [0.15, 0.2) is 0 Å². The van der Waals surface area contributed by atoms with Crippen molar-refractivity contribution in [1.82, 2.24) is 0 Å². The van der Waals surface area contributed by atoms with Gasteiger partial charge in [0, 0.05) is 34.6 Å². The maximum absolute atomic E-state index is 12.2. The van der Waals surface area contributed by atoms with Crippen LogP contribution in [0.1, 0.15) is 20.7 Å². The van der Waals surface area contributed by atoms with Crippen molar-refractivity contribution < 1.29 is 14.5 Å². The summed E-state index contributed by atoms with van der Waals surface area (Å²) < 4.78 is 0. The first-order valence-electron chi connectivity index (χ1n) is 8.05. The summed E-state index contributed by atoms with van der Waals surface area (Å²) in [5.41, 5.74) is 1.62. The number of nitro groups is 1. The van der Waals surface area contributed by atoms with Crippen LogP contribution in [0.3, 0.4) is 0 Å². The number of non-ortho nitro benzene ring substituents is 1. The monoisotopic (exact) mass is 361 g/mol. The Balaban J connectivity index is 1.67. The molecule has 0 aliphatic carbocycles. The molecule has 3 aromatic rings. The third-order valence-electron chi connectivity index (χ3n) is 3.76. The lowest BCUT2D eigenvalue weighted by Crippen LogP contribution is -2.13. The molecule has 0 spiro atoms. The molecule has 7 heteroatoms. The highest BCUT2D eigenvalue weighted by atomic mass is 16.6. The molecule has 0 aliphatic heterocycles. The third kappa shape index (κ3) is 4.55. The summed E-state index contributed by atoms with van der Waals surface area (Å²) >= 11 is 0. The Labute approximate surface area is 154 Å². The van der Waals surface area contributed by atoms with Crippen LogP contribution < -0.4 is 10.6 Å². The Morgan fingerprint density at radius 1 is 0.704 bits per heavy atom. The van der Waals surface area contributed by atoms with Crippen molar-refractivity contribution >= 4 is 28.9 Å². The van der Waals surface area contributed by atoms with E-state index in [4.69, 9.17) is 0 Å². The summed E-state index contributed by atoms with van der Waals surface area (Å²) in [6, 6.07) is 20.9. The average Bonchev–Trinajstić information content (AvgIpc) is 2.69. The number of carbonyl (C=O) groups excluding carboxylic acids is 2. The van der Waals surface area contributed by atoms with Gasteiger partial charge in [-0.1, -0.05) is 24.3 Å². The molecule has 2 N–H and O–H groups in total. The number of nitro benzene ring substituents is 1. The van der Waals surface area contributed by atoms with Crippen LogP contribution >= 0.6 is 0 Å². The molecule has 0 bridgehead atoms. The van der Waals surface area contributed by atoms with E-state index < -0.39 is 10.8 Å².